The fourth-order valence-electron chi connectivity index (χ4n) is 2.08. The number of hydrogen-bond donors (Lipinski definition) is 2. The minimum atomic E-state index is -0.472. The van der Waals surface area contributed by atoms with Crippen molar-refractivity contribution in [3.63, 3.8) is 0 Å². The molecule has 1 aliphatic carbocycles. The van der Waals surface area contributed by atoms with E-state index in [0.29, 0.717) is 13.1 Å². The Kier molecular flexibility index (Phi) is 3.69. The maximum atomic E-state index is 10.1. The first kappa shape index (κ1) is 11.4. The summed E-state index contributed by atoms with van der Waals surface area (Å²) in [6.45, 7) is 1.37. The Balaban J connectivity index is 1.75. The smallest absolute Gasteiger partial charge is 0.164 e. The molecule has 1 aromatic heterocycles. The van der Waals surface area contributed by atoms with Gasteiger partial charge >= 0.3 is 0 Å². The van der Waals surface area contributed by atoms with Gasteiger partial charge in [0.25, 0.3) is 0 Å². The summed E-state index contributed by atoms with van der Waals surface area (Å²) in [7, 11) is 0. The number of halogens is 1. The van der Waals surface area contributed by atoms with Gasteiger partial charge in [0, 0.05) is 6.54 Å². The van der Waals surface area contributed by atoms with Crippen molar-refractivity contribution >= 4 is 22.6 Å². The van der Waals surface area contributed by atoms with Crippen LogP contribution in [-0.2, 0) is 6.54 Å². The van der Waals surface area contributed by atoms with Crippen molar-refractivity contribution in [3.8, 4) is 0 Å². The van der Waals surface area contributed by atoms with Gasteiger partial charge in [-0.3, -0.25) is 0 Å². The Morgan fingerprint density at radius 1 is 1.40 bits per heavy atom. The maximum absolute atomic E-state index is 10.1. The molecule has 0 unspecified atom stereocenters. The molecule has 0 radical (unpaired) electrons. The molecule has 1 aromatic rings. The first-order chi connectivity index (χ1) is 7.18. The van der Waals surface area contributed by atoms with Gasteiger partial charge in [0.15, 0.2) is 3.77 Å². The monoisotopic (exact) mass is 321 g/mol. The summed E-state index contributed by atoms with van der Waals surface area (Å²) in [5.41, 5.74) is -0.472. The molecule has 15 heavy (non-hydrogen) atoms. The topological polar surface area (TPSA) is 45.4 Å². The second-order valence-electron chi connectivity index (χ2n) is 4.24. The van der Waals surface area contributed by atoms with Crippen LogP contribution in [0.25, 0.3) is 0 Å². The van der Waals surface area contributed by atoms with Gasteiger partial charge < -0.3 is 14.8 Å². The first-order valence-electron chi connectivity index (χ1n) is 5.35. The van der Waals surface area contributed by atoms with Gasteiger partial charge in [-0.1, -0.05) is 12.8 Å². The van der Waals surface area contributed by atoms with Gasteiger partial charge in [-0.25, -0.2) is 0 Å². The molecule has 0 atom stereocenters. The van der Waals surface area contributed by atoms with Gasteiger partial charge in [-0.15, -0.1) is 0 Å². The van der Waals surface area contributed by atoms with Crippen LogP contribution in [0.1, 0.15) is 31.4 Å². The fourth-order valence-corrected chi connectivity index (χ4v) is 2.54. The SMILES string of the molecule is OC1(CNCc2ccc(I)o2)CCCC1. The normalized spacial score (nSPS) is 19.6. The molecule has 2 rings (SSSR count). The lowest BCUT2D eigenvalue weighted by atomic mass is 10.0. The fraction of sp³-hybridized carbons (Fsp3) is 0.636. The molecule has 84 valence electrons. The van der Waals surface area contributed by atoms with E-state index in [2.05, 4.69) is 27.9 Å². The molecule has 1 heterocycles. The molecule has 0 aliphatic heterocycles. The van der Waals surface area contributed by atoms with Gasteiger partial charge in [0.1, 0.15) is 5.76 Å². The Morgan fingerprint density at radius 3 is 2.73 bits per heavy atom. The summed E-state index contributed by atoms with van der Waals surface area (Å²) in [6.07, 6.45) is 4.15. The summed E-state index contributed by atoms with van der Waals surface area (Å²) < 4.78 is 6.33. The lowest BCUT2D eigenvalue weighted by Crippen LogP contribution is -2.37. The van der Waals surface area contributed by atoms with E-state index in [-0.39, 0.29) is 0 Å². The number of hydrogen-bond acceptors (Lipinski definition) is 3. The van der Waals surface area contributed by atoms with Gasteiger partial charge in [-0.05, 0) is 47.6 Å². The third-order valence-electron chi connectivity index (χ3n) is 2.92. The van der Waals surface area contributed by atoms with Gasteiger partial charge in [0.2, 0.25) is 0 Å². The van der Waals surface area contributed by atoms with Crippen LogP contribution in [0.4, 0.5) is 0 Å². The quantitative estimate of drug-likeness (QED) is 0.837. The third-order valence-corrected chi connectivity index (χ3v) is 3.50. The van der Waals surface area contributed by atoms with Crippen molar-refractivity contribution in [2.24, 2.45) is 0 Å². The lowest BCUT2D eigenvalue weighted by Gasteiger charge is -2.21. The Bertz CT molecular complexity index is 318. The molecular weight excluding hydrogens is 305 g/mol. The molecule has 4 heteroatoms. The molecular formula is C11H16INO2. The highest BCUT2D eigenvalue weighted by Crippen LogP contribution is 2.28. The van der Waals surface area contributed by atoms with Crippen LogP contribution in [0, 0.1) is 3.77 Å². The maximum Gasteiger partial charge on any atom is 0.164 e. The van der Waals surface area contributed by atoms with Crippen molar-refractivity contribution in [2.45, 2.75) is 37.8 Å². The van der Waals surface area contributed by atoms with E-state index in [9.17, 15) is 5.11 Å². The lowest BCUT2D eigenvalue weighted by molar-refractivity contribution is 0.0470. The number of rotatable bonds is 4. The first-order valence-corrected chi connectivity index (χ1v) is 6.43. The predicted molar refractivity (Wildman–Crippen MR) is 66.5 cm³/mol. The Hall–Kier alpha value is -0.0700. The average molecular weight is 321 g/mol. The molecule has 0 bridgehead atoms. The van der Waals surface area contributed by atoms with E-state index in [1.165, 1.54) is 0 Å². The average Bonchev–Trinajstić information content (AvgIpc) is 2.76. The zero-order valence-electron chi connectivity index (χ0n) is 8.63. The van der Waals surface area contributed by atoms with Crippen LogP contribution in [0.15, 0.2) is 16.5 Å². The molecule has 0 amide bonds. The van der Waals surface area contributed by atoms with Gasteiger partial charge in [-0.2, -0.15) is 0 Å². The molecule has 1 fully saturated rings. The van der Waals surface area contributed by atoms with Crippen LogP contribution in [0.2, 0.25) is 0 Å². The highest BCUT2D eigenvalue weighted by atomic mass is 127. The molecule has 0 aromatic carbocycles. The highest BCUT2D eigenvalue weighted by Gasteiger charge is 2.30. The molecule has 1 saturated carbocycles. The summed E-state index contributed by atoms with van der Waals surface area (Å²) in [5, 5.41) is 13.3. The van der Waals surface area contributed by atoms with Crippen LogP contribution < -0.4 is 5.32 Å². The largest absolute Gasteiger partial charge is 0.454 e. The van der Waals surface area contributed by atoms with Crippen LogP contribution in [0.5, 0.6) is 0 Å². The number of nitrogens with one attached hydrogen (secondary N) is 1. The van der Waals surface area contributed by atoms with Crippen molar-refractivity contribution in [1.82, 2.24) is 5.32 Å². The summed E-state index contributed by atoms with van der Waals surface area (Å²) in [5.74, 6) is 0.931. The standard InChI is InChI=1S/C11H16INO2/c12-10-4-3-9(15-10)7-13-8-11(14)5-1-2-6-11/h3-4,13-14H,1-2,5-8H2. The van der Waals surface area contributed by atoms with E-state index in [0.717, 1.165) is 35.2 Å². The summed E-state index contributed by atoms with van der Waals surface area (Å²) in [6, 6.07) is 3.91. The minimum absolute atomic E-state index is 0.472. The second kappa shape index (κ2) is 4.84. The molecule has 0 saturated heterocycles. The zero-order valence-corrected chi connectivity index (χ0v) is 10.8. The van der Waals surface area contributed by atoms with Crippen LogP contribution >= 0.6 is 22.6 Å². The highest BCUT2D eigenvalue weighted by molar-refractivity contribution is 14.1. The van der Waals surface area contributed by atoms with Crippen molar-refractivity contribution < 1.29 is 9.52 Å². The van der Waals surface area contributed by atoms with Crippen molar-refractivity contribution in [3.05, 3.63) is 21.7 Å². The predicted octanol–water partition coefficient (Wildman–Crippen LogP) is 2.28. The molecule has 2 N–H and O–H groups in total. The number of furan rings is 1. The number of aliphatic hydroxyl groups is 1. The van der Waals surface area contributed by atoms with Crippen molar-refractivity contribution in [2.75, 3.05) is 6.54 Å². The van der Waals surface area contributed by atoms with E-state index in [4.69, 9.17) is 4.42 Å². The summed E-state index contributed by atoms with van der Waals surface area (Å²) >= 11 is 2.15. The van der Waals surface area contributed by atoms with Gasteiger partial charge in [0.05, 0.1) is 12.1 Å². The minimum Gasteiger partial charge on any atom is -0.454 e. The van der Waals surface area contributed by atoms with Crippen LogP contribution in [0.3, 0.4) is 0 Å². The van der Waals surface area contributed by atoms with Crippen LogP contribution in [-0.4, -0.2) is 17.3 Å². The Labute approximate surface area is 103 Å². The van der Waals surface area contributed by atoms with Crippen molar-refractivity contribution in [1.29, 1.82) is 0 Å². The van der Waals surface area contributed by atoms with E-state index in [1.807, 2.05) is 12.1 Å². The molecule has 1 aliphatic rings. The summed E-state index contributed by atoms with van der Waals surface area (Å²) in [4.78, 5) is 0. The van der Waals surface area contributed by atoms with E-state index >= 15 is 0 Å². The Morgan fingerprint density at radius 2 is 2.13 bits per heavy atom. The zero-order chi connectivity index (χ0) is 10.7. The van der Waals surface area contributed by atoms with E-state index in [1.54, 1.807) is 0 Å². The third kappa shape index (κ3) is 3.19. The second-order valence-corrected chi connectivity index (χ2v) is 5.30. The van der Waals surface area contributed by atoms with E-state index < -0.39 is 5.60 Å². The molecule has 3 nitrogen and oxygen atoms in total. The molecule has 0 spiro atoms.